The van der Waals surface area contributed by atoms with Crippen molar-refractivity contribution in [3.8, 4) is 6.07 Å². The van der Waals surface area contributed by atoms with Crippen molar-refractivity contribution in [3.05, 3.63) is 23.0 Å². The van der Waals surface area contributed by atoms with E-state index in [0.717, 1.165) is 25.9 Å². The molecular weight excluding hydrogens is 266 g/mol. The number of halogens is 1. The number of piperidine rings is 1. The van der Waals surface area contributed by atoms with E-state index >= 15 is 0 Å². The third kappa shape index (κ3) is 3.88. The van der Waals surface area contributed by atoms with Crippen LogP contribution >= 0.6 is 11.6 Å². The Morgan fingerprint density at radius 1 is 1.47 bits per heavy atom. The Morgan fingerprint density at radius 3 is 2.79 bits per heavy atom. The molecular formula is C12H14ClN5O. The van der Waals surface area contributed by atoms with Gasteiger partial charge in [0.2, 0.25) is 0 Å². The smallest absolute Gasteiger partial charge is 0.272 e. The molecule has 0 aliphatic carbocycles. The predicted molar refractivity (Wildman–Crippen MR) is 69.6 cm³/mol. The summed E-state index contributed by atoms with van der Waals surface area (Å²) in [4.78, 5) is 14.0. The lowest BCUT2D eigenvalue weighted by Crippen LogP contribution is -2.44. The van der Waals surface area contributed by atoms with E-state index < -0.39 is 0 Å². The van der Waals surface area contributed by atoms with Gasteiger partial charge in [-0.15, -0.1) is 10.2 Å². The number of aromatic nitrogens is 2. The van der Waals surface area contributed by atoms with Crippen molar-refractivity contribution in [2.45, 2.75) is 18.9 Å². The van der Waals surface area contributed by atoms with E-state index in [4.69, 9.17) is 16.9 Å². The van der Waals surface area contributed by atoms with Crippen LogP contribution in [-0.2, 0) is 0 Å². The zero-order valence-corrected chi connectivity index (χ0v) is 11.1. The third-order valence-electron chi connectivity index (χ3n) is 3.08. The second kappa shape index (κ2) is 6.45. The summed E-state index contributed by atoms with van der Waals surface area (Å²) >= 11 is 5.62. The van der Waals surface area contributed by atoms with Crippen molar-refractivity contribution in [1.82, 2.24) is 20.4 Å². The van der Waals surface area contributed by atoms with E-state index in [1.165, 1.54) is 0 Å². The molecule has 7 heteroatoms. The summed E-state index contributed by atoms with van der Waals surface area (Å²) in [5.41, 5.74) is 0.267. The molecule has 19 heavy (non-hydrogen) atoms. The van der Waals surface area contributed by atoms with Gasteiger partial charge in [0.05, 0.1) is 12.6 Å². The average molecular weight is 280 g/mol. The lowest BCUT2D eigenvalue weighted by atomic mass is 10.0. The first kappa shape index (κ1) is 13.7. The second-order valence-corrected chi connectivity index (χ2v) is 4.81. The van der Waals surface area contributed by atoms with Crippen LogP contribution in [0.1, 0.15) is 23.3 Å². The third-order valence-corrected chi connectivity index (χ3v) is 3.28. The highest BCUT2D eigenvalue weighted by atomic mass is 35.5. The van der Waals surface area contributed by atoms with E-state index in [1.54, 1.807) is 12.1 Å². The highest BCUT2D eigenvalue weighted by Gasteiger charge is 2.21. The summed E-state index contributed by atoms with van der Waals surface area (Å²) in [5, 5.41) is 19.2. The topological polar surface area (TPSA) is 81.9 Å². The Balaban J connectivity index is 1.84. The maximum atomic E-state index is 11.9. The van der Waals surface area contributed by atoms with Crippen LogP contribution in [0.2, 0.25) is 5.15 Å². The minimum atomic E-state index is -0.233. The maximum absolute atomic E-state index is 11.9. The average Bonchev–Trinajstić information content (AvgIpc) is 2.42. The molecule has 2 rings (SSSR count). The summed E-state index contributed by atoms with van der Waals surface area (Å²) < 4.78 is 0. The second-order valence-electron chi connectivity index (χ2n) is 4.42. The fourth-order valence-electron chi connectivity index (χ4n) is 2.03. The number of likely N-dealkylation sites (tertiary alicyclic amines) is 1. The lowest BCUT2D eigenvalue weighted by Gasteiger charge is -2.30. The van der Waals surface area contributed by atoms with Gasteiger partial charge in [-0.2, -0.15) is 5.26 Å². The van der Waals surface area contributed by atoms with Gasteiger partial charge in [0.1, 0.15) is 0 Å². The molecule has 0 spiro atoms. The number of rotatable bonds is 3. The van der Waals surface area contributed by atoms with E-state index in [9.17, 15) is 4.79 Å². The molecule has 0 radical (unpaired) electrons. The van der Waals surface area contributed by atoms with Crippen LogP contribution in [0.25, 0.3) is 0 Å². The van der Waals surface area contributed by atoms with E-state index in [2.05, 4.69) is 26.5 Å². The predicted octanol–water partition coefficient (Wildman–Crippen LogP) is 0.848. The summed E-state index contributed by atoms with van der Waals surface area (Å²) in [6, 6.07) is 5.35. The zero-order chi connectivity index (χ0) is 13.7. The quantitative estimate of drug-likeness (QED) is 0.830. The van der Waals surface area contributed by atoms with E-state index in [-0.39, 0.29) is 22.8 Å². The van der Waals surface area contributed by atoms with Crippen molar-refractivity contribution >= 4 is 17.5 Å². The number of amides is 1. The standard InChI is InChI=1S/C12H14ClN5O/c13-11-2-1-10(16-17-11)12(19)15-9-3-6-18(7-4-9)8-5-14/h1-2,9H,3-4,6-8H2,(H,15,19). The molecule has 0 unspecified atom stereocenters. The Kier molecular flexibility index (Phi) is 4.66. The number of nitrogens with zero attached hydrogens (tertiary/aromatic N) is 4. The number of hydrogen-bond donors (Lipinski definition) is 1. The number of nitrogens with one attached hydrogen (secondary N) is 1. The van der Waals surface area contributed by atoms with Crippen LogP contribution in [0.15, 0.2) is 12.1 Å². The molecule has 1 aromatic heterocycles. The van der Waals surface area contributed by atoms with Crippen LogP contribution in [0, 0.1) is 11.3 Å². The maximum Gasteiger partial charge on any atom is 0.272 e. The van der Waals surface area contributed by atoms with Crippen LogP contribution in [0.4, 0.5) is 0 Å². The number of hydrogen-bond acceptors (Lipinski definition) is 5. The van der Waals surface area contributed by atoms with Gasteiger partial charge in [0.15, 0.2) is 10.8 Å². The Labute approximate surface area is 116 Å². The molecule has 1 aliphatic rings. The first-order chi connectivity index (χ1) is 9.19. The minimum Gasteiger partial charge on any atom is -0.348 e. The largest absolute Gasteiger partial charge is 0.348 e. The van der Waals surface area contributed by atoms with Crippen LogP contribution in [-0.4, -0.2) is 46.7 Å². The Morgan fingerprint density at radius 2 is 2.21 bits per heavy atom. The van der Waals surface area contributed by atoms with Crippen LogP contribution in [0.3, 0.4) is 0 Å². The van der Waals surface area contributed by atoms with E-state index in [1.807, 2.05) is 0 Å². The lowest BCUT2D eigenvalue weighted by molar-refractivity contribution is 0.0908. The fourth-order valence-corrected chi connectivity index (χ4v) is 2.13. The SMILES string of the molecule is N#CCN1CCC(NC(=O)c2ccc(Cl)nn2)CC1. The Bertz CT molecular complexity index is 476. The summed E-state index contributed by atoms with van der Waals surface area (Å²) in [7, 11) is 0. The van der Waals surface area contributed by atoms with Crippen LogP contribution < -0.4 is 5.32 Å². The molecule has 0 bridgehead atoms. The number of carbonyl (C=O) groups excluding carboxylic acids is 1. The van der Waals surface area contributed by atoms with Gasteiger partial charge in [-0.25, -0.2) is 0 Å². The minimum absolute atomic E-state index is 0.125. The summed E-state index contributed by atoms with van der Waals surface area (Å²) in [6.45, 7) is 2.10. The molecule has 0 saturated carbocycles. The van der Waals surface area contributed by atoms with Crippen molar-refractivity contribution in [3.63, 3.8) is 0 Å². The summed E-state index contributed by atoms with van der Waals surface area (Å²) in [5.74, 6) is -0.233. The van der Waals surface area contributed by atoms with Crippen molar-refractivity contribution < 1.29 is 4.79 Å². The molecule has 1 saturated heterocycles. The molecule has 1 amide bonds. The van der Waals surface area contributed by atoms with Gasteiger partial charge < -0.3 is 5.32 Å². The number of nitriles is 1. The van der Waals surface area contributed by atoms with Gasteiger partial charge in [0.25, 0.3) is 5.91 Å². The first-order valence-electron chi connectivity index (χ1n) is 6.08. The van der Waals surface area contributed by atoms with Gasteiger partial charge in [-0.3, -0.25) is 9.69 Å². The zero-order valence-electron chi connectivity index (χ0n) is 10.3. The van der Waals surface area contributed by atoms with Crippen molar-refractivity contribution in [2.24, 2.45) is 0 Å². The molecule has 1 fully saturated rings. The molecule has 100 valence electrons. The molecule has 1 N–H and O–H groups in total. The van der Waals surface area contributed by atoms with Crippen LogP contribution in [0.5, 0.6) is 0 Å². The van der Waals surface area contributed by atoms with E-state index in [0.29, 0.717) is 6.54 Å². The molecule has 6 nitrogen and oxygen atoms in total. The molecule has 1 aliphatic heterocycles. The normalized spacial score (nSPS) is 16.8. The highest BCUT2D eigenvalue weighted by molar-refractivity contribution is 6.29. The molecule has 0 aromatic carbocycles. The molecule has 0 atom stereocenters. The Hall–Kier alpha value is -1.71. The highest BCUT2D eigenvalue weighted by Crippen LogP contribution is 2.10. The number of carbonyl (C=O) groups is 1. The molecule has 2 heterocycles. The van der Waals surface area contributed by atoms with Crippen molar-refractivity contribution in [1.29, 1.82) is 5.26 Å². The first-order valence-corrected chi connectivity index (χ1v) is 6.46. The van der Waals surface area contributed by atoms with Crippen molar-refractivity contribution in [2.75, 3.05) is 19.6 Å². The van der Waals surface area contributed by atoms with Gasteiger partial charge >= 0.3 is 0 Å². The fraction of sp³-hybridized carbons (Fsp3) is 0.500. The van der Waals surface area contributed by atoms with Gasteiger partial charge in [-0.05, 0) is 25.0 Å². The summed E-state index contributed by atoms with van der Waals surface area (Å²) in [6.07, 6.45) is 1.68. The van der Waals surface area contributed by atoms with Gasteiger partial charge in [-0.1, -0.05) is 11.6 Å². The monoisotopic (exact) mass is 279 g/mol. The molecule has 1 aromatic rings. The van der Waals surface area contributed by atoms with Gasteiger partial charge in [0, 0.05) is 19.1 Å².